The van der Waals surface area contributed by atoms with E-state index in [0.717, 1.165) is 0 Å². The van der Waals surface area contributed by atoms with Crippen molar-refractivity contribution in [3.63, 3.8) is 0 Å². The highest BCUT2D eigenvalue weighted by molar-refractivity contribution is 6.18. The predicted octanol–water partition coefficient (Wildman–Crippen LogP) is -3.16. The van der Waals surface area contributed by atoms with Gasteiger partial charge in [0.1, 0.15) is 24.4 Å². The van der Waals surface area contributed by atoms with Crippen molar-refractivity contribution >= 4 is 11.6 Å². The molecule has 8 nitrogen and oxygen atoms in total. The molecule has 0 aromatic carbocycles. The first-order valence-electron chi connectivity index (χ1n) is 6.47. The number of rotatable bonds is 3. The molecule has 0 aromatic heterocycles. The van der Waals surface area contributed by atoms with Crippen molar-refractivity contribution in [2.75, 3.05) is 5.88 Å². The number of hydrogen-bond donors (Lipinski definition) is 6. The number of alkyl halides is 1. The minimum Gasteiger partial charge on any atom is -0.389 e. The van der Waals surface area contributed by atoms with Crippen LogP contribution in [0.5, 0.6) is 0 Å². The molecule has 2 fully saturated rings. The van der Waals surface area contributed by atoms with Crippen molar-refractivity contribution in [3.05, 3.63) is 0 Å². The molecule has 2 aliphatic rings. The number of hydrogen-bond acceptors (Lipinski definition) is 8. The van der Waals surface area contributed by atoms with Gasteiger partial charge in [-0.3, -0.25) is 0 Å². The van der Waals surface area contributed by atoms with E-state index in [0.29, 0.717) is 0 Å². The van der Waals surface area contributed by atoms with Crippen LogP contribution >= 0.6 is 11.6 Å². The molecule has 1 aliphatic heterocycles. The average molecular weight is 313 g/mol. The lowest BCUT2D eigenvalue weighted by atomic mass is 9.84. The van der Waals surface area contributed by atoms with E-state index >= 15 is 0 Å². The van der Waals surface area contributed by atoms with Gasteiger partial charge in [-0.15, -0.1) is 11.6 Å². The summed E-state index contributed by atoms with van der Waals surface area (Å²) in [5.41, 5.74) is 11.4. The SMILES string of the molecule is NC1CC(N)C(O)C(OC2OC(CCl)C(O)C2O)C1O. The molecule has 0 aromatic rings. The van der Waals surface area contributed by atoms with Crippen LogP contribution in [0.1, 0.15) is 6.42 Å². The van der Waals surface area contributed by atoms with E-state index in [2.05, 4.69) is 0 Å². The van der Waals surface area contributed by atoms with E-state index in [-0.39, 0.29) is 12.3 Å². The lowest BCUT2D eigenvalue weighted by molar-refractivity contribution is -0.239. The van der Waals surface area contributed by atoms with Crippen LogP contribution in [0.25, 0.3) is 0 Å². The molecule has 1 heterocycles. The zero-order valence-corrected chi connectivity index (χ0v) is 11.5. The minimum absolute atomic E-state index is 0.0209. The number of aliphatic hydroxyl groups is 4. The maximum atomic E-state index is 9.97. The Hall–Kier alpha value is -0.0300. The number of ether oxygens (including phenoxy) is 2. The number of aliphatic hydroxyl groups excluding tert-OH is 4. The zero-order valence-electron chi connectivity index (χ0n) is 10.7. The van der Waals surface area contributed by atoms with Gasteiger partial charge in [0.25, 0.3) is 0 Å². The Morgan fingerprint density at radius 2 is 1.55 bits per heavy atom. The molecule has 9 heteroatoms. The fourth-order valence-corrected chi connectivity index (χ4v) is 2.81. The maximum absolute atomic E-state index is 9.97. The first kappa shape index (κ1) is 16.3. The molecule has 8 N–H and O–H groups in total. The molecule has 0 amide bonds. The summed E-state index contributed by atoms with van der Waals surface area (Å²) in [6, 6.07) is -1.30. The monoisotopic (exact) mass is 312 g/mol. The van der Waals surface area contributed by atoms with Crippen LogP contribution in [0, 0.1) is 0 Å². The highest BCUT2D eigenvalue weighted by Crippen LogP contribution is 2.28. The maximum Gasteiger partial charge on any atom is 0.187 e. The Balaban J connectivity index is 2.04. The summed E-state index contributed by atoms with van der Waals surface area (Å²) in [5, 5.41) is 39.4. The van der Waals surface area contributed by atoms with E-state index in [1.165, 1.54) is 0 Å². The van der Waals surface area contributed by atoms with Crippen LogP contribution in [0.3, 0.4) is 0 Å². The smallest absolute Gasteiger partial charge is 0.187 e. The van der Waals surface area contributed by atoms with Crippen LogP contribution in [0.4, 0.5) is 0 Å². The molecule has 0 spiro atoms. The van der Waals surface area contributed by atoms with Crippen LogP contribution in [-0.4, -0.2) is 81.3 Å². The van der Waals surface area contributed by atoms with E-state index < -0.39 is 55.0 Å². The topological polar surface area (TPSA) is 151 Å². The summed E-state index contributed by atoms with van der Waals surface area (Å²) >= 11 is 5.59. The summed E-state index contributed by atoms with van der Waals surface area (Å²) in [5.74, 6) is -0.0209. The summed E-state index contributed by atoms with van der Waals surface area (Å²) in [6.07, 6.45) is -7.65. The standard InChI is InChI=1S/C11H21ClN2O6/c12-2-5-8(17)9(18)11(19-5)20-10-6(15)3(13)1-4(14)7(10)16/h3-11,15-18H,1-2,13-14H2. The van der Waals surface area contributed by atoms with Gasteiger partial charge in [-0.2, -0.15) is 0 Å². The summed E-state index contributed by atoms with van der Waals surface area (Å²) in [6.45, 7) is 0. The second-order valence-corrected chi connectivity index (χ2v) is 5.63. The van der Waals surface area contributed by atoms with Crippen LogP contribution in [0.2, 0.25) is 0 Å². The second-order valence-electron chi connectivity index (χ2n) is 5.32. The Morgan fingerprint density at radius 3 is 2.00 bits per heavy atom. The van der Waals surface area contributed by atoms with Crippen molar-refractivity contribution in [1.82, 2.24) is 0 Å². The fraction of sp³-hybridized carbons (Fsp3) is 1.00. The number of nitrogens with two attached hydrogens (primary N) is 2. The van der Waals surface area contributed by atoms with Gasteiger partial charge in [0.2, 0.25) is 0 Å². The van der Waals surface area contributed by atoms with E-state index in [1.54, 1.807) is 0 Å². The van der Waals surface area contributed by atoms with Crippen molar-refractivity contribution < 1.29 is 29.9 Å². The van der Waals surface area contributed by atoms with Crippen molar-refractivity contribution in [1.29, 1.82) is 0 Å². The van der Waals surface area contributed by atoms with Gasteiger partial charge in [0, 0.05) is 12.1 Å². The number of halogens is 1. The third-order valence-electron chi connectivity index (χ3n) is 3.86. The van der Waals surface area contributed by atoms with Gasteiger partial charge in [-0.25, -0.2) is 0 Å². The molecular weight excluding hydrogens is 292 g/mol. The third kappa shape index (κ3) is 2.94. The van der Waals surface area contributed by atoms with Gasteiger partial charge >= 0.3 is 0 Å². The van der Waals surface area contributed by atoms with Crippen molar-refractivity contribution in [3.8, 4) is 0 Å². The molecule has 20 heavy (non-hydrogen) atoms. The van der Waals surface area contributed by atoms with E-state index in [9.17, 15) is 20.4 Å². The Bertz CT molecular complexity index is 324. The molecule has 0 radical (unpaired) electrons. The van der Waals surface area contributed by atoms with Gasteiger partial charge in [-0.1, -0.05) is 0 Å². The summed E-state index contributed by atoms with van der Waals surface area (Å²) < 4.78 is 10.6. The largest absolute Gasteiger partial charge is 0.389 e. The highest BCUT2D eigenvalue weighted by atomic mass is 35.5. The zero-order chi connectivity index (χ0) is 15.0. The Labute approximate surface area is 121 Å². The minimum atomic E-state index is -1.33. The molecular formula is C11H21ClN2O6. The lowest BCUT2D eigenvalue weighted by Crippen LogP contribution is -2.63. The van der Waals surface area contributed by atoms with Gasteiger partial charge < -0.3 is 41.4 Å². The highest BCUT2D eigenvalue weighted by Gasteiger charge is 2.48. The van der Waals surface area contributed by atoms with Gasteiger partial charge in [-0.05, 0) is 6.42 Å². The fourth-order valence-electron chi connectivity index (χ4n) is 2.55. The average Bonchev–Trinajstić information content (AvgIpc) is 2.69. The van der Waals surface area contributed by atoms with Crippen LogP contribution in [0.15, 0.2) is 0 Å². The first-order chi connectivity index (χ1) is 9.36. The molecule has 1 saturated carbocycles. The molecule has 2 rings (SSSR count). The summed E-state index contributed by atoms with van der Waals surface area (Å²) in [7, 11) is 0. The molecule has 118 valence electrons. The van der Waals surface area contributed by atoms with Crippen LogP contribution < -0.4 is 11.5 Å². The lowest BCUT2D eigenvalue weighted by Gasteiger charge is -2.40. The van der Waals surface area contributed by atoms with Gasteiger partial charge in [0.15, 0.2) is 6.29 Å². The third-order valence-corrected chi connectivity index (χ3v) is 4.16. The Morgan fingerprint density at radius 1 is 1.00 bits per heavy atom. The quantitative estimate of drug-likeness (QED) is 0.299. The van der Waals surface area contributed by atoms with Gasteiger partial charge in [0.05, 0.1) is 18.1 Å². The van der Waals surface area contributed by atoms with Crippen molar-refractivity contribution in [2.45, 2.75) is 61.4 Å². The second kappa shape index (κ2) is 6.39. The normalized spacial score (nSPS) is 53.2. The van der Waals surface area contributed by atoms with E-state index in [4.69, 9.17) is 32.5 Å². The molecule has 1 saturated heterocycles. The first-order valence-corrected chi connectivity index (χ1v) is 7.00. The predicted molar refractivity (Wildman–Crippen MR) is 68.8 cm³/mol. The molecule has 8 unspecified atom stereocenters. The molecule has 0 bridgehead atoms. The van der Waals surface area contributed by atoms with E-state index in [1.807, 2.05) is 0 Å². The summed E-state index contributed by atoms with van der Waals surface area (Å²) in [4.78, 5) is 0. The molecule has 8 atom stereocenters. The molecule has 1 aliphatic carbocycles. The Kier molecular flexibility index (Phi) is 5.22. The van der Waals surface area contributed by atoms with Crippen LogP contribution in [-0.2, 0) is 9.47 Å². The van der Waals surface area contributed by atoms with Crippen molar-refractivity contribution in [2.24, 2.45) is 11.5 Å².